The molecule has 0 heterocycles. The number of carbonyl (C=O) groups is 1. The molecule has 3 atom stereocenters. The van der Waals surface area contributed by atoms with Crippen LogP contribution in [0.3, 0.4) is 0 Å². The molecule has 1 aromatic rings. The fourth-order valence-corrected chi connectivity index (χ4v) is 1.81. The third-order valence-corrected chi connectivity index (χ3v) is 3.30. The predicted molar refractivity (Wildman–Crippen MR) is 70.8 cm³/mol. The number of carboxylic acids is 1. The zero-order valence-corrected chi connectivity index (χ0v) is 11.4. The Morgan fingerprint density at radius 2 is 2.00 bits per heavy atom. The molecule has 0 aliphatic heterocycles. The highest BCUT2D eigenvalue weighted by molar-refractivity contribution is 6.31. The largest absolute Gasteiger partial charge is 0.480 e. The van der Waals surface area contributed by atoms with Crippen LogP contribution < -0.4 is 5.32 Å². The normalized spacial score (nSPS) is 16.1. The number of aliphatic hydroxyl groups excluding tert-OH is 1. The zero-order chi connectivity index (χ0) is 13.9. The van der Waals surface area contributed by atoms with Gasteiger partial charge in [-0.2, -0.15) is 0 Å². The van der Waals surface area contributed by atoms with Crippen molar-refractivity contribution < 1.29 is 15.0 Å². The number of rotatable bonds is 5. The number of carboxylic acid groups (broad SMARTS) is 1. The molecule has 18 heavy (non-hydrogen) atoms. The molecule has 3 N–H and O–H groups in total. The average Bonchev–Trinajstić information content (AvgIpc) is 2.31. The predicted octanol–water partition coefficient (Wildman–Crippen LogP) is 2.13. The fourth-order valence-electron chi connectivity index (χ4n) is 1.70. The molecule has 0 saturated heterocycles. The van der Waals surface area contributed by atoms with E-state index in [9.17, 15) is 9.90 Å². The minimum absolute atomic E-state index is 0.364. The molecule has 4 nitrogen and oxygen atoms in total. The first kappa shape index (κ1) is 15.0. The van der Waals surface area contributed by atoms with Crippen LogP contribution >= 0.6 is 11.6 Å². The third-order valence-electron chi connectivity index (χ3n) is 2.88. The molecular formula is C13H18ClNO3. The van der Waals surface area contributed by atoms with Gasteiger partial charge in [-0.3, -0.25) is 10.1 Å². The van der Waals surface area contributed by atoms with Gasteiger partial charge in [-0.15, -0.1) is 0 Å². The third kappa shape index (κ3) is 3.70. The Kier molecular flexibility index (Phi) is 5.14. The van der Waals surface area contributed by atoms with E-state index < -0.39 is 18.1 Å². The summed E-state index contributed by atoms with van der Waals surface area (Å²) in [4.78, 5) is 10.7. The summed E-state index contributed by atoms with van der Waals surface area (Å²) in [6.07, 6.45) is -0.775. The standard InChI is InChI=1S/C13H18ClNO3/c1-7-6-10(4-5-11(7)14)12(16)8(2)15-9(3)13(17)18/h4-6,8-9,12,15-16H,1-3H3,(H,17,18). The van der Waals surface area contributed by atoms with Crippen molar-refractivity contribution in [1.82, 2.24) is 5.32 Å². The van der Waals surface area contributed by atoms with E-state index in [1.807, 2.05) is 6.92 Å². The molecule has 0 saturated carbocycles. The van der Waals surface area contributed by atoms with E-state index in [1.165, 1.54) is 0 Å². The van der Waals surface area contributed by atoms with Gasteiger partial charge in [0.25, 0.3) is 0 Å². The van der Waals surface area contributed by atoms with Crippen molar-refractivity contribution in [2.45, 2.75) is 39.0 Å². The molecule has 100 valence electrons. The number of aliphatic hydroxyl groups is 1. The van der Waals surface area contributed by atoms with Crippen LogP contribution in [0.1, 0.15) is 31.1 Å². The van der Waals surface area contributed by atoms with E-state index in [0.717, 1.165) is 11.1 Å². The molecule has 0 aliphatic carbocycles. The lowest BCUT2D eigenvalue weighted by molar-refractivity contribution is -0.139. The topological polar surface area (TPSA) is 69.6 Å². The average molecular weight is 272 g/mol. The number of aliphatic carboxylic acids is 1. The molecule has 0 fully saturated rings. The molecule has 0 bridgehead atoms. The van der Waals surface area contributed by atoms with Crippen LogP contribution in [-0.4, -0.2) is 28.3 Å². The number of aryl methyl sites for hydroxylation is 1. The first-order valence-electron chi connectivity index (χ1n) is 5.76. The van der Waals surface area contributed by atoms with Crippen molar-refractivity contribution in [2.75, 3.05) is 0 Å². The van der Waals surface area contributed by atoms with Crippen molar-refractivity contribution in [2.24, 2.45) is 0 Å². The summed E-state index contributed by atoms with van der Waals surface area (Å²) in [6.45, 7) is 5.14. The van der Waals surface area contributed by atoms with Gasteiger partial charge in [-0.05, 0) is 38.0 Å². The van der Waals surface area contributed by atoms with Crippen LogP contribution in [0.25, 0.3) is 0 Å². The lowest BCUT2D eigenvalue weighted by atomic mass is 10.0. The van der Waals surface area contributed by atoms with Crippen molar-refractivity contribution in [3.63, 3.8) is 0 Å². The molecule has 1 rings (SSSR count). The monoisotopic (exact) mass is 271 g/mol. The molecule has 3 unspecified atom stereocenters. The van der Waals surface area contributed by atoms with Gasteiger partial charge in [0.2, 0.25) is 0 Å². The van der Waals surface area contributed by atoms with Gasteiger partial charge in [-0.25, -0.2) is 0 Å². The highest BCUT2D eigenvalue weighted by atomic mass is 35.5. The van der Waals surface area contributed by atoms with E-state index in [2.05, 4.69) is 5.32 Å². The molecule has 0 aromatic heterocycles. The summed E-state index contributed by atoms with van der Waals surface area (Å²) in [5.41, 5.74) is 1.60. The van der Waals surface area contributed by atoms with Crippen LogP contribution in [0.5, 0.6) is 0 Å². The lowest BCUT2D eigenvalue weighted by Crippen LogP contribution is -2.42. The van der Waals surface area contributed by atoms with Gasteiger partial charge in [-0.1, -0.05) is 23.7 Å². The summed E-state index contributed by atoms with van der Waals surface area (Å²) in [5, 5.41) is 22.4. The quantitative estimate of drug-likeness (QED) is 0.767. The highest BCUT2D eigenvalue weighted by Gasteiger charge is 2.21. The lowest BCUT2D eigenvalue weighted by Gasteiger charge is -2.23. The smallest absolute Gasteiger partial charge is 0.320 e. The summed E-state index contributed by atoms with van der Waals surface area (Å²) < 4.78 is 0. The Hall–Kier alpha value is -1.10. The maximum Gasteiger partial charge on any atom is 0.320 e. The molecular weight excluding hydrogens is 254 g/mol. The maximum absolute atomic E-state index is 10.7. The van der Waals surface area contributed by atoms with Crippen molar-refractivity contribution >= 4 is 17.6 Å². The summed E-state index contributed by atoms with van der Waals surface area (Å²) in [6, 6.07) is 4.20. The van der Waals surface area contributed by atoms with Gasteiger partial charge in [0.05, 0.1) is 6.10 Å². The number of nitrogens with one attached hydrogen (secondary N) is 1. The van der Waals surface area contributed by atoms with Gasteiger partial charge in [0, 0.05) is 11.1 Å². The number of benzene rings is 1. The van der Waals surface area contributed by atoms with Gasteiger partial charge in [0.15, 0.2) is 0 Å². The van der Waals surface area contributed by atoms with E-state index in [0.29, 0.717) is 5.02 Å². The summed E-state index contributed by atoms with van der Waals surface area (Å²) >= 11 is 5.92. The zero-order valence-electron chi connectivity index (χ0n) is 10.6. The first-order chi connectivity index (χ1) is 8.32. The van der Waals surface area contributed by atoms with Crippen LogP contribution in [-0.2, 0) is 4.79 Å². The first-order valence-corrected chi connectivity index (χ1v) is 6.13. The van der Waals surface area contributed by atoms with Gasteiger partial charge >= 0.3 is 5.97 Å². The van der Waals surface area contributed by atoms with Crippen LogP contribution in [0, 0.1) is 6.92 Å². The molecule has 5 heteroatoms. The summed E-state index contributed by atoms with van der Waals surface area (Å²) in [7, 11) is 0. The molecule has 0 amide bonds. The number of halogens is 1. The Balaban J connectivity index is 2.76. The highest BCUT2D eigenvalue weighted by Crippen LogP contribution is 2.22. The fraction of sp³-hybridized carbons (Fsp3) is 0.462. The minimum Gasteiger partial charge on any atom is -0.480 e. The van der Waals surface area contributed by atoms with E-state index in [4.69, 9.17) is 16.7 Å². The Morgan fingerprint density at radius 1 is 1.39 bits per heavy atom. The van der Waals surface area contributed by atoms with Crippen molar-refractivity contribution in [3.05, 3.63) is 34.3 Å². The molecule has 0 spiro atoms. The van der Waals surface area contributed by atoms with Crippen LogP contribution in [0.15, 0.2) is 18.2 Å². The molecule has 0 radical (unpaired) electrons. The Morgan fingerprint density at radius 3 is 2.50 bits per heavy atom. The molecule has 0 aliphatic rings. The van der Waals surface area contributed by atoms with Gasteiger partial charge < -0.3 is 10.2 Å². The molecule has 1 aromatic carbocycles. The van der Waals surface area contributed by atoms with E-state index in [1.54, 1.807) is 32.0 Å². The van der Waals surface area contributed by atoms with Gasteiger partial charge in [0.1, 0.15) is 6.04 Å². The SMILES string of the molecule is Cc1cc(C(O)C(C)NC(C)C(=O)O)ccc1Cl. The number of hydrogen-bond acceptors (Lipinski definition) is 3. The van der Waals surface area contributed by atoms with Crippen LogP contribution in [0.4, 0.5) is 0 Å². The second-order valence-corrected chi connectivity index (χ2v) is 4.88. The number of hydrogen-bond donors (Lipinski definition) is 3. The second-order valence-electron chi connectivity index (χ2n) is 4.47. The van der Waals surface area contributed by atoms with Crippen LogP contribution in [0.2, 0.25) is 5.02 Å². The second kappa shape index (κ2) is 6.18. The maximum atomic E-state index is 10.7. The summed E-state index contributed by atoms with van der Waals surface area (Å²) in [5.74, 6) is -0.943. The van der Waals surface area contributed by atoms with E-state index in [-0.39, 0.29) is 6.04 Å². The van der Waals surface area contributed by atoms with Crippen molar-refractivity contribution in [3.8, 4) is 0 Å². The van der Waals surface area contributed by atoms with Crippen molar-refractivity contribution in [1.29, 1.82) is 0 Å². The Labute approximate surface area is 112 Å². The van der Waals surface area contributed by atoms with E-state index >= 15 is 0 Å². The minimum atomic E-state index is -0.943. The Bertz CT molecular complexity index is 436.